The lowest BCUT2D eigenvalue weighted by atomic mass is 10.2. The van der Waals surface area contributed by atoms with Gasteiger partial charge >= 0.3 is 5.97 Å². The van der Waals surface area contributed by atoms with Gasteiger partial charge in [-0.15, -0.1) is 11.8 Å². The molecule has 1 aromatic carbocycles. The van der Waals surface area contributed by atoms with Crippen molar-refractivity contribution in [3.8, 4) is 0 Å². The highest BCUT2D eigenvalue weighted by molar-refractivity contribution is 9.10. The third-order valence-corrected chi connectivity index (χ3v) is 4.23. The number of hydrogen-bond acceptors (Lipinski definition) is 3. The number of halogens is 1. The number of nitrogens with zero attached hydrogens (tertiary/aromatic N) is 1. The standard InChI is InChI=1S/C13H16BrNO3S/c1-9-7-10(14)3-4-11(9)19-8-12(16)15(2)6-5-13(17)18/h3-4,7H,5-6,8H2,1-2H3,(H,17,18). The lowest BCUT2D eigenvalue weighted by Crippen LogP contribution is -2.30. The van der Waals surface area contributed by atoms with Crippen molar-refractivity contribution in [2.45, 2.75) is 18.2 Å². The van der Waals surface area contributed by atoms with Gasteiger partial charge in [0.05, 0.1) is 12.2 Å². The van der Waals surface area contributed by atoms with Crippen molar-refractivity contribution >= 4 is 39.6 Å². The smallest absolute Gasteiger partial charge is 0.305 e. The monoisotopic (exact) mass is 345 g/mol. The summed E-state index contributed by atoms with van der Waals surface area (Å²) in [5.74, 6) is -0.636. The van der Waals surface area contributed by atoms with E-state index in [0.717, 1.165) is 14.9 Å². The molecule has 19 heavy (non-hydrogen) atoms. The van der Waals surface area contributed by atoms with Crippen LogP contribution in [0.4, 0.5) is 0 Å². The van der Waals surface area contributed by atoms with Crippen LogP contribution in [0.15, 0.2) is 27.6 Å². The summed E-state index contributed by atoms with van der Waals surface area (Å²) in [6, 6.07) is 5.91. The van der Waals surface area contributed by atoms with E-state index in [4.69, 9.17) is 5.11 Å². The van der Waals surface area contributed by atoms with Gasteiger partial charge in [-0.3, -0.25) is 9.59 Å². The van der Waals surface area contributed by atoms with E-state index in [-0.39, 0.29) is 18.9 Å². The van der Waals surface area contributed by atoms with Gasteiger partial charge in [0.1, 0.15) is 0 Å². The van der Waals surface area contributed by atoms with Crippen LogP contribution in [0.1, 0.15) is 12.0 Å². The SMILES string of the molecule is Cc1cc(Br)ccc1SCC(=O)N(C)CCC(=O)O. The molecule has 1 N–H and O–H groups in total. The molecule has 104 valence electrons. The zero-order chi connectivity index (χ0) is 14.4. The quantitative estimate of drug-likeness (QED) is 0.805. The molecule has 0 unspecified atom stereocenters. The fraction of sp³-hybridized carbons (Fsp3) is 0.385. The van der Waals surface area contributed by atoms with Crippen LogP contribution < -0.4 is 0 Å². The summed E-state index contributed by atoms with van der Waals surface area (Å²) in [6.07, 6.45) is -0.0236. The lowest BCUT2D eigenvalue weighted by Gasteiger charge is -2.16. The van der Waals surface area contributed by atoms with Gasteiger partial charge in [0.2, 0.25) is 5.91 Å². The largest absolute Gasteiger partial charge is 0.481 e. The third-order valence-electron chi connectivity index (χ3n) is 2.57. The van der Waals surface area contributed by atoms with Crippen LogP contribution in [-0.4, -0.2) is 41.2 Å². The zero-order valence-corrected chi connectivity index (χ0v) is 13.3. The molecule has 0 fully saturated rings. The van der Waals surface area contributed by atoms with E-state index < -0.39 is 5.97 Å². The maximum atomic E-state index is 11.8. The summed E-state index contributed by atoms with van der Waals surface area (Å²) >= 11 is 4.86. The molecule has 1 amide bonds. The van der Waals surface area contributed by atoms with Crippen molar-refractivity contribution < 1.29 is 14.7 Å². The van der Waals surface area contributed by atoms with Crippen molar-refractivity contribution in [3.63, 3.8) is 0 Å². The highest BCUT2D eigenvalue weighted by Gasteiger charge is 2.11. The van der Waals surface area contributed by atoms with E-state index in [1.54, 1.807) is 7.05 Å². The van der Waals surface area contributed by atoms with E-state index in [0.29, 0.717) is 5.75 Å². The number of amides is 1. The van der Waals surface area contributed by atoms with E-state index in [9.17, 15) is 9.59 Å². The second kappa shape index (κ2) is 7.55. The Balaban J connectivity index is 2.47. The van der Waals surface area contributed by atoms with Crippen LogP contribution >= 0.6 is 27.7 Å². The predicted octanol–water partition coefficient (Wildman–Crippen LogP) is 2.78. The van der Waals surface area contributed by atoms with Crippen LogP contribution in [0.3, 0.4) is 0 Å². The average Bonchev–Trinajstić information content (AvgIpc) is 2.34. The number of thioether (sulfide) groups is 1. The van der Waals surface area contributed by atoms with E-state index in [2.05, 4.69) is 15.9 Å². The molecule has 6 heteroatoms. The predicted molar refractivity (Wildman–Crippen MR) is 79.5 cm³/mol. The van der Waals surface area contributed by atoms with Gasteiger partial charge in [-0.1, -0.05) is 15.9 Å². The Morgan fingerprint density at radius 3 is 2.68 bits per heavy atom. The Morgan fingerprint density at radius 1 is 1.42 bits per heavy atom. The van der Waals surface area contributed by atoms with Crippen LogP contribution in [-0.2, 0) is 9.59 Å². The van der Waals surface area contributed by atoms with Gasteiger partial charge in [0.15, 0.2) is 0 Å². The molecule has 1 aromatic rings. The normalized spacial score (nSPS) is 10.3. The van der Waals surface area contributed by atoms with Crippen molar-refractivity contribution in [2.75, 3.05) is 19.3 Å². The topological polar surface area (TPSA) is 57.6 Å². The van der Waals surface area contributed by atoms with Gasteiger partial charge in [0.25, 0.3) is 0 Å². The third kappa shape index (κ3) is 5.65. The number of carbonyl (C=O) groups excluding carboxylic acids is 1. The van der Waals surface area contributed by atoms with Gasteiger partial charge in [-0.05, 0) is 30.7 Å². The van der Waals surface area contributed by atoms with Crippen LogP contribution in [0.25, 0.3) is 0 Å². The fourth-order valence-electron chi connectivity index (χ4n) is 1.41. The van der Waals surface area contributed by atoms with Gasteiger partial charge < -0.3 is 10.0 Å². The minimum Gasteiger partial charge on any atom is -0.481 e. The Bertz CT molecular complexity index is 479. The number of hydrogen-bond donors (Lipinski definition) is 1. The Kier molecular flexibility index (Phi) is 6.37. The van der Waals surface area contributed by atoms with Crippen LogP contribution in [0, 0.1) is 6.92 Å². The Hall–Kier alpha value is -1.01. The van der Waals surface area contributed by atoms with Crippen molar-refractivity contribution in [1.29, 1.82) is 0 Å². The minimum atomic E-state index is -0.893. The first-order chi connectivity index (χ1) is 8.90. The molecule has 0 spiro atoms. The zero-order valence-electron chi connectivity index (χ0n) is 10.9. The van der Waals surface area contributed by atoms with Gasteiger partial charge in [0, 0.05) is 23.0 Å². The molecule has 0 aromatic heterocycles. The summed E-state index contributed by atoms with van der Waals surface area (Å²) in [4.78, 5) is 24.8. The molecule has 4 nitrogen and oxygen atoms in total. The molecule has 0 heterocycles. The van der Waals surface area contributed by atoms with Crippen molar-refractivity contribution in [2.24, 2.45) is 0 Å². The summed E-state index contributed by atoms with van der Waals surface area (Å²) in [5.41, 5.74) is 1.11. The number of rotatable bonds is 6. The first-order valence-electron chi connectivity index (χ1n) is 5.75. The second-order valence-corrected chi connectivity index (χ2v) is 6.09. The molecule has 0 aliphatic carbocycles. The van der Waals surface area contributed by atoms with E-state index in [1.165, 1.54) is 16.7 Å². The highest BCUT2D eigenvalue weighted by atomic mass is 79.9. The number of carboxylic acid groups (broad SMARTS) is 1. The number of carboxylic acids is 1. The molecular formula is C13H16BrNO3S. The first kappa shape index (κ1) is 16.0. The molecular weight excluding hydrogens is 330 g/mol. The Labute approximate surface area is 125 Å². The van der Waals surface area contributed by atoms with Crippen LogP contribution in [0.2, 0.25) is 0 Å². The number of aryl methyl sites for hydroxylation is 1. The second-order valence-electron chi connectivity index (χ2n) is 4.16. The molecule has 0 saturated carbocycles. The Morgan fingerprint density at radius 2 is 2.11 bits per heavy atom. The van der Waals surface area contributed by atoms with E-state index >= 15 is 0 Å². The number of aliphatic carboxylic acids is 1. The molecule has 0 aliphatic rings. The molecule has 0 aliphatic heterocycles. The van der Waals surface area contributed by atoms with Crippen molar-refractivity contribution in [3.05, 3.63) is 28.2 Å². The summed E-state index contributed by atoms with van der Waals surface area (Å²) in [6.45, 7) is 2.24. The van der Waals surface area contributed by atoms with Crippen molar-refractivity contribution in [1.82, 2.24) is 4.90 Å². The maximum Gasteiger partial charge on any atom is 0.305 e. The fourth-order valence-corrected chi connectivity index (χ4v) is 2.84. The number of benzene rings is 1. The van der Waals surface area contributed by atoms with Gasteiger partial charge in [-0.25, -0.2) is 0 Å². The summed E-state index contributed by atoms with van der Waals surface area (Å²) < 4.78 is 1.01. The highest BCUT2D eigenvalue weighted by Crippen LogP contribution is 2.25. The maximum absolute atomic E-state index is 11.8. The number of carbonyl (C=O) groups is 2. The average molecular weight is 346 g/mol. The first-order valence-corrected chi connectivity index (χ1v) is 7.52. The molecule has 0 bridgehead atoms. The molecule has 0 radical (unpaired) electrons. The molecule has 1 rings (SSSR count). The minimum absolute atomic E-state index is 0.0236. The molecule has 0 saturated heterocycles. The van der Waals surface area contributed by atoms with Gasteiger partial charge in [-0.2, -0.15) is 0 Å². The summed E-state index contributed by atoms with van der Waals surface area (Å²) in [7, 11) is 1.63. The molecule has 0 atom stereocenters. The van der Waals surface area contributed by atoms with E-state index in [1.807, 2.05) is 25.1 Å². The summed E-state index contributed by atoms with van der Waals surface area (Å²) in [5, 5.41) is 8.57. The van der Waals surface area contributed by atoms with Crippen LogP contribution in [0.5, 0.6) is 0 Å². The lowest BCUT2D eigenvalue weighted by molar-refractivity contribution is -0.137.